The molecule has 0 aliphatic carbocycles. The first-order chi connectivity index (χ1) is 9.12. The predicted octanol–water partition coefficient (Wildman–Crippen LogP) is 3.73. The van der Waals surface area contributed by atoms with E-state index in [2.05, 4.69) is 10.1 Å². The van der Waals surface area contributed by atoms with Crippen LogP contribution in [0.5, 0.6) is 0 Å². The Bertz CT molecular complexity index is 669. The molecule has 0 atom stereocenters. The quantitative estimate of drug-likeness (QED) is 0.798. The second kappa shape index (κ2) is 4.61. The van der Waals surface area contributed by atoms with E-state index in [1.165, 1.54) is 6.92 Å². The van der Waals surface area contributed by atoms with E-state index in [0.29, 0.717) is 17.0 Å². The van der Waals surface area contributed by atoms with Gasteiger partial charge in [0.15, 0.2) is 0 Å². The fourth-order valence-corrected chi connectivity index (χ4v) is 2.17. The first-order valence-electron chi connectivity index (χ1n) is 6.19. The monoisotopic (exact) mass is 283 g/mol. The lowest BCUT2D eigenvalue weighted by molar-refractivity contribution is -0.138. The average Bonchev–Trinajstić information content (AvgIpc) is 2.58. The van der Waals surface area contributed by atoms with Gasteiger partial charge in [-0.1, -0.05) is 0 Å². The molecule has 6 heteroatoms. The fourth-order valence-electron chi connectivity index (χ4n) is 2.17. The average molecular weight is 283 g/mol. The van der Waals surface area contributed by atoms with Crippen molar-refractivity contribution in [3.8, 4) is 11.4 Å². The van der Waals surface area contributed by atoms with Crippen LogP contribution in [0.4, 0.5) is 13.2 Å². The minimum atomic E-state index is -4.38. The molecule has 2 heterocycles. The summed E-state index contributed by atoms with van der Waals surface area (Å²) in [6.07, 6.45) is -4.38. The molecule has 0 aliphatic rings. The smallest absolute Gasteiger partial charge is 0.272 e. The van der Waals surface area contributed by atoms with Crippen molar-refractivity contribution in [2.24, 2.45) is 7.05 Å². The van der Waals surface area contributed by atoms with Gasteiger partial charge in [0, 0.05) is 12.7 Å². The van der Waals surface area contributed by atoms with Gasteiger partial charge in [-0.25, -0.2) is 0 Å². The summed E-state index contributed by atoms with van der Waals surface area (Å²) in [6, 6.07) is 1.14. The summed E-state index contributed by atoms with van der Waals surface area (Å²) in [7, 11) is 1.80. The second-order valence-corrected chi connectivity index (χ2v) is 4.97. The SMILES string of the molecule is Cc1cc(C(F)(F)F)c(C)nc1-c1nn(C)c(C)c1C. The van der Waals surface area contributed by atoms with Crippen molar-refractivity contribution in [2.75, 3.05) is 0 Å². The van der Waals surface area contributed by atoms with Gasteiger partial charge in [-0.15, -0.1) is 0 Å². The maximum absolute atomic E-state index is 12.9. The maximum atomic E-state index is 12.9. The van der Waals surface area contributed by atoms with Gasteiger partial charge < -0.3 is 0 Å². The van der Waals surface area contributed by atoms with E-state index in [1.54, 1.807) is 18.7 Å². The topological polar surface area (TPSA) is 30.7 Å². The van der Waals surface area contributed by atoms with Gasteiger partial charge >= 0.3 is 6.18 Å². The molecule has 0 bridgehead atoms. The van der Waals surface area contributed by atoms with E-state index >= 15 is 0 Å². The van der Waals surface area contributed by atoms with Gasteiger partial charge in [0.05, 0.1) is 17.0 Å². The van der Waals surface area contributed by atoms with E-state index in [1.807, 2.05) is 13.8 Å². The molecular weight excluding hydrogens is 267 g/mol. The van der Waals surface area contributed by atoms with Gasteiger partial charge in [0.1, 0.15) is 5.69 Å². The van der Waals surface area contributed by atoms with Crippen LogP contribution in [-0.2, 0) is 13.2 Å². The summed E-state index contributed by atoms with van der Waals surface area (Å²) in [5.41, 5.74) is 2.81. The molecule has 108 valence electrons. The Morgan fingerprint density at radius 1 is 1.05 bits per heavy atom. The van der Waals surface area contributed by atoms with E-state index in [4.69, 9.17) is 0 Å². The van der Waals surface area contributed by atoms with Crippen LogP contribution in [0.15, 0.2) is 6.07 Å². The van der Waals surface area contributed by atoms with Crippen molar-refractivity contribution >= 4 is 0 Å². The Hall–Kier alpha value is -1.85. The molecular formula is C14H16F3N3. The number of nitrogens with zero attached hydrogens (tertiary/aromatic N) is 3. The van der Waals surface area contributed by atoms with Crippen LogP contribution < -0.4 is 0 Å². The molecule has 2 rings (SSSR count). The molecule has 0 aromatic carbocycles. The van der Waals surface area contributed by atoms with Crippen LogP contribution >= 0.6 is 0 Å². The molecule has 0 N–H and O–H groups in total. The number of hydrogen-bond acceptors (Lipinski definition) is 2. The number of alkyl halides is 3. The third kappa shape index (κ3) is 2.30. The zero-order valence-electron chi connectivity index (χ0n) is 12.1. The number of rotatable bonds is 1. The van der Waals surface area contributed by atoms with Gasteiger partial charge in [-0.3, -0.25) is 9.67 Å². The van der Waals surface area contributed by atoms with Gasteiger partial charge in [0.25, 0.3) is 0 Å². The summed E-state index contributed by atoms with van der Waals surface area (Å²) < 4.78 is 40.3. The third-order valence-electron chi connectivity index (χ3n) is 3.57. The highest BCUT2D eigenvalue weighted by atomic mass is 19.4. The Morgan fingerprint density at radius 3 is 2.10 bits per heavy atom. The van der Waals surface area contributed by atoms with Crippen molar-refractivity contribution in [1.29, 1.82) is 0 Å². The van der Waals surface area contributed by atoms with Crippen LogP contribution in [0.1, 0.15) is 28.1 Å². The number of pyridine rings is 1. The lowest BCUT2D eigenvalue weighted by atomic mass is 10.0. The number of aromatic nitrogens is 3. The molecule has 0 fully saturated rings. The Morgan fingerprint density at radius 2 is 1.65 bits per heavy atom. The van der Waals surface area contributed by atoms with Crippen LogP contribution in [0.3, 0.4) is 0 Å². The highest BCUT2D eigenvalue weighted by molar-refractivity contribution is 5.64. The Balaban J connectivity index is 2.65. The summed E-state index contributed by atoms with van der Waals surface area (Å²) >= 11 is 0. The van der Waals surface area contributed by atoms with Crippen molar-refractivity contribution in [1.82, 2.24) is 14.8 Å². The molecule has 0 aliphatic heterocycles. The highest BCUT2D eigenvalue weighted by Crippen LogP contribution is 2.34. The predicted molar refractivity (Wildman–Crippen MR) is 70.4 cm³/mol. The lowest BCUT2D eigenvalue weighted by Gasteiger charge is -2.13. The number of aryl methyl sites for hydroxylation is 3. The zero-order chi connectivity index (χ0) is 15.2. The number of hydrogen-bond donors (Lipinski definition) is 0. The van der Waals surface area contributed by atoms with Crippen LogP contribution in [-0.4, -0.2) is 14.8 Å². The van der Waals surface area contributed by atoms with E-state index < -0.39 is 11.7 Å². The first-order valence-corrected chi connectivity index (χ1v) is 6.19. The van der Waals surface area contributed by atoms with Gasteiger partial charge in [-0.2, -0.15) is 18.3 Å². The molecule has 2 aromatic rings. The van der Waals surface area contributed by atoms with E-state index in [-0.39, 0.29) is 5.69 Å². The standard InChI is InChI=1S/C14H16F3N3/c1-7-6-11(14(15,16)17)9(3)18-12(7)13-8(2)10(4)20(5)19-13/h6H,1-5H3. The molecule has 0 unspecified atom stereocenters. The molecule has 0 saturated carbocycles. The minimum Gasteiger partial charge on any atom is -0.272 e. The minimum absolute atomic E-state index is 0.0270. The molecule has 20 heavy (non-hydrogen) atoms. The highest BCUT2D eigenvalue weighted by Gasteiger charge is 2.34. The van der Waals surface area contributed by atoms with Crippen molar-refractivity contribution in [3.05, 3.63) is 34.1 Å². The lowest BCUT2D eigenvalue weighted by Crippen LogP contribution is -2.10. The molecule has 3 nitrogen and oxygen atoms in total. The van der Waals surface area contributed by atoms with Crippen LogP contribution in [0, 0.1) is 27.7 Å². The molecule has 2 aromatic heterocycles. The van der Waals surface area contributed by atoms with Crippen molar-refractivity contribution in [3.63, 3.8) is 0 Å². The summed E-state index contributed by atoms with van der Waals surface area (Å²) in [5.74, 6) is 0. The fraction of sp³-hybridized carbons (Fsp3) is 0.429. The Labute approximate surface area is 115 Å². The van der Waals surface area contributed by atoms with E-state index in [9.17, 15) is 13.2 Å². The molecule has 0 radical (unpaired) electrons. The molecule has 0 amide bonds. The summed E-state index contributed by atoms with van der Waals surface area (Å²) in [6.45, 7) is 6.81. The molecule has 0 saturated heterocycles. The maximum Gasteiger partial charge on any atom is 0.418 e. The van der Waals surface area contributed by atoms with E-state index in [0.717, 1.165) is 17.3 Å². The van der Waals surface area contributed by atoms with Gasteiger partial charge in [-0.05, 0) is 44.9 Å². The third-order valence-corrected chi connectivity index (χ3v) is 3.57. The van der Waals surface area contributed by atoms with Crippen LogP contribution in [0.25, 0.3) is 11.4 Å². The van der Waals surface area contributed by atoms with Crippen LogP contribution in [0.2, 0.25) is 0 Å². The summed E-state index contributed by atoms with van der Waals surface area (Å²) in [5, 5.41) is 4.35. The molecule has 0 spiro atoms. The summed E-state index contributed by atoms with van der Waals surface area (Å²) in [4.78, 5) is 4.13. The zero-order valence-corrected chi connectivity index (χ0v) is 12.1. The second-order valence-electron chi connectivity index (χ2n) is 4.97. The normalized spacial score (nSPS) is 12.0. The van der Waals surface area contributed by atoms with Gasteiger partial charge in [0.2, 0.25) is 0 Å². The number of halogens is 3. The van der Waals surface area contributed by atoms with Crippen molar-refractivity contribution < 1.29 is 13.2 Å². The van der Waals surface area contributed by atoms with Crippen molar-refractivity contribution in [2.45, 2.75) is 33.9 Å². The largest absolute Gasteiger partial charge is 0.418 e. The first kappa shape index (κ1) is 14.6. The Kier molecular flexibility index (Phi) is 3.36.